The third-order valence-corrected chi connectivity index (χ3v) is 3.18. The number of carbonyl (C=O) groups excluding carboxylic acids is 1. The van der Waals surface area contributed by atoms with Crippen molar-refractivity contribution in [3.63, 3.8) is 0 Å². The van der Waals surface area contributed by atoms with E-state index in [2.05, 4.69) is 12.3 Å². The second-order valence-electron chi connectivity index (χ2n) is 3.42. The SMILES string of the molecule is CSCC1c2ccccc2N1C(C)=O. The second kappa shape index (κ2) is 3.65. The van der Waals surface area contributed by atoms with Crippen molar-refractivity contribution in [3.8, 4) is 0 Å². The first-order chi connectivity index (χ1) is 6.75. The Kier molecular flexibility index (Phi) is 2.50. The van der Waals surface area contributed by atoms with Crippen LogP contribution in [0.3, 0.4) is 0 Å². The van der Waals surface area contributed by atoms with Crippen LogP contribution >= 0.6 is 11.8 Å². The van der Waals surface area contributed by atoms with Crippen LogP contribution in [0.4, 0.5) is 5.69 Å². The number of anilines is 1. The van der Waals surface area contributed by atoms with Crippen LogP contribution in [-0.4, -0.2) is 17.9 Å². The van der Waals surface area contributed by atoms with Crippen LogP contribution < -0.4 is 4.90 Å². The van der Waals surface area contributed by atoms with Crippen molar-refractivity contribution in [2.24, 2.45) is 0 Å². The molecule has 1 heterocycles. The summed E-state index contributed by atoms with van der Waals surface area (Å²) < 4.78 is 0. The molecule has 1 aliphatic rings. The fraction of sp³-hybridized carbons (Fsp3) is 0.364. The fourth-order valence-corrected chi connectivity index (χ4v) is 2.59. The van der Waals surface area contributed by atoms with E-state index in [1.54, 1.807) is 18.7 Å². The molecule has 0 aliphatic carbocycles. The molecule has 3 heteroatoms. The highest BCUT2D eigenvalue weighted by Gasteiger charge is 2.35. The normalized spacial score (nSPS) is 18.7. The van der Waals surface area contributed by atoms with E-state index in [1.165, 1.54) is 5.56 Å². The molecular weight excluding hydrogens is 194 g/mol. The van der Waals surface area contributed by atoms with Crippen LogP contribution in [-0.2, 0) is 4.79 Å². The van der Waals surface area contributed by atoms with Gasteiger partial charge >= 0.3 is 0 Å². The number of nitrogens with zero attached hydrogens (tertiary/aromatic N) is 1. The molecule has 0 radical (unpaired) electrons. The highest BCUT2D eigenvalue weighted by molar-refractivity contribution is 7.98. The maximum Gasteiger partial charge on any atom is 0.224 e. The smallest absolute Gasteiger partial charge is 0.224 e. The zero-order chi connectivity index (χ0) is 10.1. The van der Waals surface area contributed by atoms with Gasteiger partial charge in [0.25, 0.3) is 0 Å². The Labute approximate surface area is 88.3 Å². The summed E-state index contributed by atoms with van der Waals surface area (Å²) in [7, 11) is 0. The van der Waals surface area contributed by atoms with E-state index >= 15 is 0 Å². The third kappa shape index (κ3) is 1.32. The molecule has 0 spiro atoms. The van der Waals surface area contributed by atoms with Crippen molar-refractivity contribution in [2.75, 3.05) is 16.9 Å². The average Bonchev–Trinajstić information content (AvgIpc) is 2.14. The van der Waals surface area contributed by atoms with Gasteiger partial charge in [0.1, 0.15) is 0 Å². The molecule has 2 nitrogen and oxygen atoms in total. The highest BCUT2D eigenvalue weighted by atomic mass is 32.2. The summed E-state index contributed by atoms with van der Waals surface area (Å²) in [6.07, 6.45) is 2.07. The van der Waals surface area contributed by atoms with E-state index in [4.69, 9.17) is 0 Å². The summed E-state index contributed by atoms with van der Waals surface area (Å²) in [5, 5.41) is 0. The van der Waals surface area contributed by atoms with Crippen LogP contribution in [0, 0.1) is 0 Å². The monoisotopic (exact) mass is 207 g/mol. The maximum absolute atomic E-state index is 11.4. The van der Waals surface area contributed by atoms with Gasteiger partial charge in [0.15, 0.2) is 0 Å². The minimum absolute atomic E-state index is 0.141. The van der Waals surface area contributed by atoms with Crippen molar-refractivity contribution in [2.45, 2.75) is 13.0 Å². The largest absolute Gasteiger partial charge is 0.304 e. The van der Waals surface area contributed by atoms with E-state index in [9.17, 15) is 4.79 Å². The number of rotatable bonds is 2. The number of hydrogen-bond donors (Lipinski definition) is 0. The first-order valence-corrected chi connectivity index (χ1v) is 6.02. The van der Waals surface area contributed by atoms with Crippen molar-refractivity contribution < 1.29 is 4.79 Å². The Morgan fingerprint density at radius 2 is 2.21 bits per heavy atom. The molecule has 0 fully saturated rings. The van der Waals surface area contributed by atoms with Crippen molar-refractivity contribution in [3.05, 3.63) is 29.8 Å². The van der Waals surface area contributed by atoms with Crippen LogP contribution in [0.1, 0.15) is 18.5 Å². The molecule has 0 saturated heterocycles. The summed E-state index contributed by atoms with van der Waals surface area (Å²) in [6.45, 7) is 1.63. The lowest BCUT2D eigenvalue weighted by molar-refractivity contribution is -0.117. The molecule has 1 aliphatic heterocycles. The zero-order valence-electron chi connectivity index (χ0n) is 8.36. The van der Waals surface area contributed by atoms with E-state index in [1.807, 2.05) is 23.1 Å². The Morgan fingerprint density at radius 3 is 2.86 bits per heavy atom. The number of benzene rings is 1. The van der Waals surface area contributed by atoms with Gasteiger partial charge in [0.2, 0.25) is 5.91 Å². The van der Waals surface area contributed by atoms with Gasteiger partial charge in [-0.3, -0.25) is 4.79 Å². The maximum atomic E-state index is 11.4. The standard InChI is InChI=1S/C11H13NOS/c1-8(13)12-10-6-4-3-5-9(10)11(12)7-14-2/h3-6,11H,7H2,1-2H3. The quantitative estimate of drug-likeness (QED) is 0.742. The zero-order valence-corrected chi connectivity index (χ0v) is 9.17. The summed E-state index contributed by atoms with van der Waals surface area (Å²) >= 11 is 1.78. The van der Waals surface area contributed by atoms with Crippen LogP contribution in [0.25, 0.3) is 0 Å². The number of thioether (sulfide) groups is 1. The van der Waals surface area contributed by atoms with E-state index in [0.717, 1.165) is 11.4 Å². The van der Waals surface area contributed by atoms with Gasteiger partial charge in [0, 0.05) is 18.4 Å². The predicted molar refractivity (Wildman–Crippen MR) is 60.7 cm³/mol. The molecule has 1 atom stereocenters. The van der Waals surface area contributed by atoms with Crippen molar-refractivity contribution in [1.82, 2.24) is 0 Å². The first-order valence-electron chi connectivity index (χ1n) is 4.63. The van der Waals surface area contributed by atoms with Gasteiger partial charge < -0.3 is 4.90 Å². The van der Waals surface area contributed by atoms with Gasteiger partial charge in [-0.1, -0.05) is 18.2 Å². The van der Waals surface area contributed by atoms with Gasteiger partial charge in [-0.25, -0.2) is 0 Å². The lowest BCUT2D eigenvalue weighted by Gasteiger charge is -2.42. The van der Waals surface area contributed by atoms with Crippen molar-refractivity contribution >= 4 is 23.4 Å². The molecule has 0 aromatic heterocycles. The van der Waals surface area contributed by atoms with E-state index < -0.39 is 0 Å². The molecule has 1 unspecified atom stereocenters. The predicted octanol–water partition coefficient (Wildman–Crippen LogP) is 2.46. The van der Waals surface area contributed by atoms with Gasteiger partial charge in [-0.2, -0.15) is 11.8 Å². The molecule has 0 N–H and O–H groups in total. The highest BCUT2D eigenvalue weighted by Crippen LogP contribution is 2.44. The van der Waals surface area contributed by atoms with Crippen LogP contribution in [0.5, 0.6) is 0 Å². The van der Waals surface area contributed by atoms with Gasteiger partial charge in [-0.15, -0.1) is 0 Å². The Hall–Kier alpha value is -0.960. The van der Waals surface area contributed by atoms with Crippen LogP contribution in [0.15, 0.2) is 24.3 Å². The molecule has 74 valence electrons. The van der Waals surface area contributed by atoms with E-state index in [0.29, 0.717) is 6.04 Å². The lowest BCUT2D eigenvalue weighted by Crippen LogP contribution is -2.42. The molecular formula is C11H13NOS. The number of fused-ring (bicyclic) bond motifs is 1. The Balaban J connectivity index is 2.32. The minimum atomic E-state index is 0.141. The number of amides is 1. The summed E-state index contributed by atoms with van der Waals surface area (Å²) in [5.41, 5.74) is 2.39. The average molecular weight is 207 g/mol. The Morgan fingerprint density at radius 1 is 1.50 bits per heavy atom. The van der Waals surface area contributed by atoms with E-state index in [-0.39, 0.29) is 5.91 Å². The molecule has 2 rings (SSSR count). The summed E-state index contributed by atoms with van der Waals surface area (Å²) in [4.78, 5) is 13.3. The minimum Gasteiger partial charge on any atom is -0.304 e. The topological polar surface area (TPSA) is 20.3 Å². The van der Waals surface area contributed by atoms with Gasteiger partial charge in [-0.05, 0) is 17.9 Å². The number of hydrogen-bond acceptors (Lipinski definition) is 2. The fourth-order valence-electron chi connectivity index (χ4n) is 1.94. The molecule has 1 aromatic carbocycles. The molecule has 1 amide bonds. The van der Waals surface area contributed by atoms with Crippen LogP contribution in [0.2, 0.25) is 0 Å². The third-order valence-electron chi connectivity index (χ3n) is 2.53. The molecule has 14 heavy (non-hydrogen) atoms. The number of carbonyl (C=O) groups is 1. The first kappa shape index (κ1) is 9.59. The number of para-hydroxylation sites is 1. The lowest BCUT2D eigenvalue weighted by atomic mass is 9.94. The molecule has 0 bridgehead atoms. The summed E-state index contributed by atoms with van der Waals surface area (Å²) in [5.74, 6) is 1.12. The molecule has 1 aromatic rings. The van der Waals surface area contributed by atoms with Crippen molar-refractivity contribution in [1.29, 1.82) is 0 Å². The second-order valence-corrected chi connectivity index (χ2v) is 4.33. The Bertz CT molecular complexity index is 364. The van der Waals surface area contributed by atoms with Gasteiger partial charge in [0.05, 0.1) is 6.04 Å². The summed E-state index contributed by atoms with van der Waals surface area (Å²) in [6, 6.07) is 8.41. The molecule has 0 saturated carbocycles.